The highest BCUT2D eigenvalue weighted by Crippen LogP contribution is 2.22. The number of rotatable bonds is 3. The number of carbonyl (C=O) groups excluding carboxylic acids is 1. The minimum Gasteiger partial charge on any atom is -0.320 e. The number of carbonyl (C=O) groups is 1. The number of amides is 1. The van der Waals surface area contributed by atoms with Crippen LogP contribution in [0.1, 0.15) is 16.1 Å². The molecule has 21 heavy (non-hydrogen) atoms. The maximum atomic E-state index is 12.1. The Morgan fingerprint density at radius 3 is 2.71 bits per heavy atom. The lowest BCUT2D eigenvalue weighted by molar-refractivity contribution is -0.385. The monoisotopic (exact) mass is 326 g/mol. The van der Waals surface area contributed by atoms with Crippen LogP contribution in [0, 0.1) is 17.0 Å². The number of nitrogens with one attached hydrogen (secondary N) is 1. The van der Waals surface area contributed by atoms with Crippen molar-refractivity contribution < 1.29 is 9.72 Å². The lowest BCUT2D eigenvalue weighted by atomic mass is 10.2. The second-order valence-electron chi connectivity index (χ2n) is 4.01. The molecule has 108 valence electrons. The van der Waals surface area contributed by atoms with Gasteiger partial charge in [-0.1, -0.05) is 23.2 Å². The van der Waals surface area contributed by atoms with Gasteiger partial charge >= 0.3 is 0 Å². The third-order valence-corrected chi connectivity index (χ3v) is 3.09. The van der Waals surface area contributed by atoms with Crippen molar-refractivity contribution in [1.82, 2.24) is 9.97 Å². The molecule has 0 aliphatic rings. The van der Waals surface area contributed by atoms with Gasteiger partial charge in [-0.3, -0.25) is 14.9 Å². The lowest BCUT2D eigenvalue weighted by Crippen LogP contribution is -2.14. The number of aromatic nitrogens is 2. The van der Waals surface area contributed by atoms with Crippen LogP contribution in [-0.4, -0.2) is 20.8 Å². The van der Waals surface area contributed by atoms with Crippen LogP contribution in [0.15, 0.2) is 24.4 Å². The molecule has 0 spiro atoms. The second kappa shape index (κ2) is 6.02. The second-order valence-corrected chi connectivity index (χ2v) is 4.76. The van der Waals surface area contributed by atoms with E-state index in [0.29, 0.717) is 16.5 Å². The molecule has 0 aliphatic carbocycles. The van der Waals surface area contributed by atoms with Gasteiger partial charge in [0, 0.05) is 6.07 Å². The first-order valence-corrected chi connectivity index (χ1v) is 6.38. The lowest BCUT2D eigenvalue weighted by Gasteiger charge is -2.08. The van der Waals surface area contributed by atoms with Crippen LogP contribution in [0.25, 0.3) is 0 Å². The van der Waals surface area contributed by atoms with Crippen molar-refractivity contribution in [1.29, 1.82) is 0 Å². The molecule has 0 aromatic carbocycles. The molecule has 0 unspecified atom stereocenters. The van der Waals surface area contributed by atoms with Gasteiger partial charge in [0.05, 0.1) is 21.9 Å². The Hall–Kier alpha value is -2.25. The zero-order valence-corrected chi connectivity index (χ0v) is 12.1. The van der Waals surface area contributed by atoms with Gasteiger partial charge in [0.15, 0.2) is 0 Å². The average Bonchev–Trinajstić information content (AvgIpc) is 2.42. The van der Waals surface area contributed by atoms with E-state index in [2.05, 4.69) is 15.3 Å². The molecule has 2 heterocycles. The molecule has 0 radical (unpaired) electrons. The predicted octanol–water partition coefficient (Wildman–Crippen LogP) is 3.25. The van der Waals surface area contributed by atoms with E-state index in [4.69, 9.17) is 23.2 Å². The molecular formula is C12H8Cl2N4O3. The first kappa shape index (κ1) is 15.1. The van der Waals surface area contributed by atoms with E-state index in [1.54, 1.807) is 13.0 Å². The molecule has 2 rings (SSSR count). The zero-order valence-electron chi connectivity index (χ0n) is 10.6. The van der Waals surface area contributed by atoms with Gasteiger partial charge in [-0.05, 0) is 19.1 Å². The first-order valence-electron chi connectivity index (χ1n) is 5.63. The summed E-state index contributed by atoms with van der Waals surface area (Å²) in [7, 11) is 0. The Morgan fingerprint density at radius 1 is 1.38 bits per heavy atom. The summed E-state index contributed by atoms with van der Waals surface area (Å²) < 4.78 is 0. The molecule has 0 saturated heterocycles. The number of anilines is 1. The molecule has 2 aromatic heterocycles. The smallest absolute Gasteiger partial charge is 0.288 e. The molecule has 0 fully saturated rings. The van der Waals surface area contributed by atoms with Crippen LogP contribution in [0.3, 0.4) is 0 Å². The maximum absolute atomic E-state index is 12.1. The third-order valence-electron chi connectivity index (χ3n) is 2.58. The summed E-state index contributed by atoms with van der Waals surface area (Å²) in [4.78, 5) is 29.8. The highest BCUT2D eigenvalue weighted by atomic mass is 35.5. The Balaban J connectivity index is 2.32. The Kier molecular flexibility index (Phi) is 4.35. The molecular weight excluding hydrogens is 319 g/mol. The average molecular weight is 327 g/mol. The van der Waals surface area contributed by atoms with E-state index >= 15 is 0 Å². The molecule has 0 saturated carbocycles. The fraction of sp³-hybridized carbons (Fsp3) is 0.0833. The van der Waals surface area contributed by atoms with Crippen LogP contribution >= 0.6 is 23.2 Å². The SMILES string of the molecule is Cc1nc(Cl)ccc1NC(=O)c1cc([N+](=O)[O-])cnc1Cl. The Morgan fingerprint density at radius 2 is 2.10 bits per heavy atom. The standard InChI is InChI=1S/C12H8Cl2N4O3/c1-6-9(2-3-10(13)16-6)17-12(19)8-4-7(18(20)21)5-15-11(8)14/h2-5H,1H3,(H,17,19). The summed E-state index contributed by atoms with van der Waals surface area (Å²) >= 11 is 11.5. The number of hydrogen-bond donors (Lipinski definition) is 1. The van der Waals surface area contributed by atoms with Gasteiger partial charge in [0.25, 0.3) is 11.6 Å². The van der Waals surface area contributed by atoms with Crippen LogP contribution in [0.4, 0.5) is 11.4 Å². The summed E-state index contributed by atoms with van der Waals surface area (Å²) in [5, 5.41) is 13.4. The van der Waals surface area contributed by atoms with Crippen LogP contribution in [0.2, 0.25) is 10.3 Å². The fourth-order valence-corrected chi connectivity index (χ4v) is 1.93. The van der Waals surface area contributed by atoms with Crippen molar-refractivity contribution in [3.8, 4) is 0 Å². The molecule has 7 nitrogen and oxygen atoms in total. The van der Waals surface area contributed by atoms with Crippen molar-refractivity contribution in [2.24, 2.45) is 0 Å². The van der Waals surface area contributed by atoms with Crippen molar-refractivity contribution in [3.63, 3.8) is 0 Å². The number of hydrogen-bond acceptors (Lipinski definition) is 5. The fourth-order valence-electron chi connectivity index (χ4n) is 1.55. The van der Waals surface area contributed by atoms with Crippen LogP contribution in [-0.2, 0) is 0 Å². The van der Waals surface area contributed by atoms with Crippen molar-refractivity contribution in [2.45, 2.75) is 6.92 Å². The van der Waals surface area contributed by atoms with E-state index < -0.39 is 10.8 Å². The number of halogens is 2. The highest BCUT2D eigenvalue weighted by Gasteiger charge is 2.18. The zero-order chi connectivity index (χ0) is 15.6. The summed E-state index contributed by atoms with van der Waals surface area (Å²) in [5.74, 6) is -0.622. The third kappa shape index (κ3) is 3.45. The van der Waals surface area contributed by atoms with E-state index in [-0.39, 0.29) is 16.4 Å². The molecule has 1 N–H and O–H groups in total. The highest BCUT2D eigenvalue weighted by molar-refractivity contribution is 6.33. The van der Waals surface area contributed by atoms with Gasteiger partial charge < -0.3 is 5.32 Å². The summed E-state index contributed by atoms with van der Waals surface area (Å²) in [5.41, 5.74) is 0.507. The number of aryl methyl sites for hydroxylation is 1. The predicted molar refractivity (Wildman–Crippen MR) is 77.8 cm³/mol. The summed E-state index contributed by atoms with van der Waals surface area (Å²) in [6.45, 7) is 1.66. The van der Waals surface area contributed by atoms with E-state index in [1.165, 1.54) is 6.07 Å². The van der Waals surface area contributed by atoms with Crippen LogP contribution < -0.4 is 5.32 Å². The quantitative estimate of drug-likeness (QED) is 0.530. The maximum Gasteiger partial charge on any atom is 0.288 e. The number of pyridine rings is 2. The molecule has 0 atom stereocenters. The van der Waals surface area contributed by atoms with E-state index in [9.17, 15) is 14.9 Å². The summed E-state index contributed by atoms with van der Waals surface area (Å²) in [6.07, 6.45) is 0.980. The topological polar surface area (TPSA) is 98.0 Å². The minimum absolute atomic E-state index is 0.0970. The summed E-state index contributed by atoms with van der Waals surface area (Å²) in [6, 6.07) is 4.14. The number of nitro groups is 1. The molecule has 1 amide bonds. The van der Waals surface area contributed by atoms with Gasteiger partial charge in [-0.2, -0.15) is 0 Å². The first-order chi connectivity index (χ1) is 9.88. The number of nitrogens with zero attached hydrogens (tertiary/aromatic N) is 3. The van der Waals surface area contributed by atoms with Crippen molar-refractivity contribution in [3.05, 3.63) is 56.1 Å². The molecule has 0 aliphatic heterocycles. The molecule has 2 aromatic rings. The Labute approximate surface area is 129 Å². The molecule has 0 bridgehead atoms. The van der Waals surface area contributed by atoms with Gasteiger partial charge in [0.2, 0.25) is 0 Å². The van der Waals surface area contributed by atoms with Gasteiger partial charge in [0.1, 0.15) is 16.5 Å². The van der Waals surface area contributed by atoms with E-state index in [0.717, 1.165) is 12.3 Å². The van der Waals surface area contributed by atoms with Gasteiger partial charge in [-0.25, -0.2) is 9.97 Å². The molecule has 9 heteroatoms. The minimum atomic E-state index is -0.658. The van der Waals surface area contributed by atoms with Crippen molar-refractivity contribution >= 4 is 40.5 Å². The normalized spacial score (nSPS) is 10.2. The Bertz CT molecular complexity index is 736. The van der Waals surface area contributed by atoms with Crippen molar-refractivity contribution in [2.75, 3.05) is 5.32 Å². The van der Waals surface area contributed by atoms with Gasteiger partial charge in [-0.15, -0.1) is 0 Å². The van der Waals surface area contributed by atoms with Crippen LogP contribution in [0.5, 0.6) is 0 Å². The van der Waals surface area contributed by atoms with E-state index in [1.807, 2.05) is 0 Å². The largest absolute Gasteiger partial charge is 0.320 e.